The molecular weight excluding hydrogens is 499 g/mol. The highest BCUT2D eigenvalue weighted by molar-refractivity contribution is 7.80. The maximum absolute atomic E-state index is 14.1. The molecule has 9 heteroatoms. The molecule has 0 unspecified atom stereocenters. The number of carbonyl (C=O) groups is 1. The molecule has 0 aliphatic carbocycles. The Kier molecular flexibility index (Phi) is 7.20. The van der Waals surface area contributed by atoms with E-state index in [0.29, 0.717) is 11.7 Å². The predicted molar refractivity (Wildman–Crippen MR) is 150 cm³/mol. The minimum Gasteiger partial charge on any atom is -0.352 e. The predicted octanol–water partition coefficient (Wildman–Crippen LogP) is 5.33. The fourth-order valence-corrected chi connectivity index (χ4v) is 5.40. The van der Waals surface area contributed by atoms with Crippen molar-refractivity contribution in [2.75, 3.05) is 11.9 Å². The lowest BCUT2D eigenvalue weighted by Crippen LogP contribution is -2.33. The lowest BCUT2D eigenvalue weighted by molar-refractivity contribution is -0.116. The van der Waals surface area contributed by atoms with Gasteiger partial charge in [0.05, 0.1) is 23.5 Å². The van der Waals surface area contributed by atoms with Crippen molar-refractivity contribution in [3.05, 3.63) is 107 Å². The van der Waals surface area contributed by atoms with E-state index in [1.165, 1.54) is 6.07 Å². The Hall–Kier alpha value is -4.11. The van der Waals surface area contributed by atoms with Crippen molar-refractivity contribution < 1.29 is 9.18 Å². The summed E-state index contributed by atoms with van der Waals surface area (Å²) < 4.78 is 16.2. The molecule has 38 heavy (non-hydrogen) atoms. The summed E-state index contributed by atoms with van der Waals surface area (Å²) in [5, 5.41) is 6.65. The third-order valence-corrected chi connectivity index (χ3v) is 7.20. The molecule has 194 valence electrons. The Morgan fingerprint density at radius 2 is 1.84 bits per heavy atom. The van der Waals surface area contributed by atoms with Crippen molar-refractivity contribution in [1.82, 2.24) is 24.8 Å². The normalized spacial score (nSPS) is 16.9. The lowest BCUT2D eigenvalue weighted by Gasteiger charge is -2.28. The molecular formula is C29H29FN6OS. The summed E-state index contributed by atoms with van der Waals surface area (Å²) >= 11 is 5.77. The highest BCUT2D eigenvalue weighted by Gasteiger charge is 2.41. The van der Waals surface area contributed by atoms with Crippen LogP contribution in [0.3, 0.4) is 0 Å². The van der Waals surface area contributed by atoms with Crippen LogP contribution in [0.1, 0.15) is 46.7 Å². The van der Waals surface area contributed by atoms with Gasteiger partial charge < -0.3 is 20.1 Å². The number of rotatable bonds is 7. The number of nitrogens with zero attached hydrogens (tertiary/aromatic N) is 4. The van der Waals surface area contributed by atoms with Crippen LogP contribution in [-0.2, 0) is 4.79 Å². The molecule has 1 fully saturated rings. The quantitative estimate of drug-likeness (QED) is 0.316. The van der Waals surface area contributed by atoms with E-state index >= 15 is 0 Å². The van der Waals surface area contributed by atoms with E-state index in [-0.39, 0.29) is 30.1 Å². The Morgan fingerprint density at radius 1 is 1.05 bits per heavy atom. The maximum Gasteiger partial charge on any atom is 0.226 e. The van der Waals surface area contributed by atoms with Crippen LogP contribution in [0.4, 0.5) is 10.1 Å². The molecule has 0 spiro atoms. The van der Waals surface area contributed by atoms with Crippen LogP contribution in [0.5, 0.6) is 0 Å². The van der Waals surface area contributed by atoms with Gasteiger partial charge >= 0.3 is 0 Å². The first-order valence-electron chi connectivity index (χ1n) is 12.5. The fourth-order valence-electron chi connectivity index (χ4n) is 5.06. The molecule has 2 N–H and O–H groups in total. The summed E-state index contributed by atoms with van der Waals surface area (Å²) in [4.78, 5) is 24.0. The first kappa shape index (κ1) is 25.5. The lowest BCUT2D eigenvalue weighted by atomic mass is 9.96. The van der Waals surface area contributed by atoms with Gasteiger partial charge in [-0.25, -0.2) is 9.37 Å². The largest absolute Gasteiger partial charge is 0.352 e. The van der Waals surface area contributed by atoms with Crippen molar-refractivity contribution in [3.8, 4) is 5.82 Å². The van der Waals surface area contributed by atoms with Gasteiger partial charge in [0, 0.05) is 36.7 Å². The van der Waals surface area contributed by atoms with Gasteiger partial charge in [-0.1, -0.05) is 18.2 Å². The summed E-state index contributed by atoms with van der Waals surface area (Å²) in [5.41, 5.74) is 5.31. The van der Waals surface area contributed by atoms with Crippen LogP contribution >= 0.6 is 12.2 Å². The third-order valence-electron chi connectivity index (χ3n) is 6.84. The minimum atomic E-state index is -0.468. The fraction of sp³-hybridized carbons (Fsp3) is 0.241. The highest BCUT2D eigenvalue weighted by atomic mass is 32.1. The molecule has 1 aromatic carbocycles. The second-order valence-corrected chi connectivity index (χ2v) is 9.84. The zero-order chi connectivity index (χ0) is 26.8. The van der Waals surface area contributed by atoms with Gasteiger partial charge in [-0.2, -0.15) is 0 Å². The monoisotopic (exact) mass is 528 g/mol. The third kappa shape index (κ3) is 5.02. The summed E-state index contributed by atoms with van der Waals surface area (Å²) in [6, 6.07) is 17.7. The van der Waals surface area contributed by atoms with E-state index < -0.39 is 5.82 Å². The molecule has 0 bridgehead atoms. The number of benzene rings is 1. The number of thiocarbonyl (C=S) groups is 1. The molecule has 4 heterocycles. The second-order valence-electron chi connectivity index (χ2n) is 9.45. The van der Waals surface area contributed by atoms with E-state index in [0.717, 1.165) is 34.0 Å². The van der Waals surface area contributed by atoms with Crippen molar-refractivity contribution >= 4 is 28.9 Å². The minimum absolute atomic E-state index is 0.139. The van der Waals surface area contributed by atoms with Gasteiger partial charge in [0.25, 0.3) is 0 Å². The number of hydrogen-bond acceptors (Lipinski definition) is 4. The molecule has 0 saturated carbocycles. The number of aryl methyl sites for hydroxylation is 2. The topological polar surface area (TPSA) is 75.1 Å². The summed E-state index contributed by atoms with van der Waals surface area (Å²) in [6.45, 7) is 6.53. The molecule has 1 saturated heterocycles. The first-order valence-corrected chi connectivity index (χ1v) is 12.9. The maximum atomic E-state index is 14.1. The number of amides is 1. The Morgan fingerprint density at radius 3 is 2.58 bits per heavy atom. The Labute approximate surface area is 226 Å². The van der Waals surface area contributed by atoms with Gasteiger partial charge in [-0.3, -0.25) is 9.78 Å². The van der Waals surface area contributed by atoms with Gasteiger partial charge in [0.15, 0.2) is 5.11 Å². The zero-order valence-electron chi connectivity index (χ0n) is 21.5. The molecule has 1 aliphatic heterocycles. The van der Waals surface area contributed by atoms with Gasteiger partial charge in [-0.05, 0) is 86.6 Å². The van der Waals surface area contributed by atoms with Crippen LogP contribution in [0.25, 0.3) is 5.82 Å². The molecule has 5 rings (SSSR count). The highest BCUT2D eigenvalue weighted by Crippen LogP contribution is 2.41. The summed E-state index contributed by atoms with van der Waals surface area (Å²) in [6.07, 6.45) is 3.72. The Bertz CT molecular complexity index is 1490. The number of aromatic nitrogens is 3. The second kappa shape index (κ2) is 10.7. The van der Waals surface area contributed by atoms with Crippen molar-refractivity contribution in [2.45, 2.75) is 39.3 Å². The van der Waals surface area contributed by atoms with E-state index in [4.69, 9.17) is 12.2 Å². The summed E-state index contributed by atoms with van der Waals surface area (Å²) in [5.74, 6) is 0.0989. The number of carbonyl (C=O) groups excluding carboxylic acids is 1. The van der Waals surface area contributed by atoms with Crippen molar-refractivity contribution in [1.29, 1.82) is 0 Å². The van der Waals surface area contributed by atoms with E-state index in [9.17, 15) is 9.18 Å². The standard InChI is InChI=1S/C29H29FN6OS/c1-18-11-14-32-25(16-18)36-19(2)17-21(20(36)3)28-27(24-10-6-7-13-31-24)34-29(38)35(28)15-12-26(37)33-23-9-5-4-8-22(23)30/h4-11,13-14,16-17,27-28H,12,15H2,1-3H3,(H,33,37)(H,34,38)/t27-,28-/m0/s1. The molecule has 1 aliphatic rings. The smallest absolute Gasteiger partial charge is 0.226 e. The number of para-hydroxylation sites is 1. The number of hydrogen-bond donors (Lipinski definition) is 2. The molecule has 4 aromatic rings. The Balaban J connectivity index is 1.48. The molecule has 3 aromatic heterocycles. The van der Waals surface area contributed by atoms with E-state index in [2.05, 4.69) is 51.1 Å². The molecule has 0 radical (unpaired) electrons. The van der Waals surface area contributed by atoms with Crippen LogP contribution in [0.2, 0.25) is 0 Å². The summed E-state index contributed by atoms with van der Waals surface area (Å²) in [7, 11) is 0. The molecule has 7 nitrogen and oxygen atoms in total. The van der Waals surface area contributed by atoms with E-state index in [1.54, 1.807) is 24.4 Å². The molecule has 1 amide bonds. The number of pyridine rings is 2. The SMILES string of the molecule is Cc1ccnc(-n2c(C)cc([C@H]3[C@H](c4ccccn4)NC(=S)N3CCC(=O)Nc3ccccc3F)c2C)c1. The first-order chi connectivity index (χ1) is 18.3. The average Bonchev–Trinajstić information content (AvgIpc) is 3.39. The van der Waals surface area contributed by atoms with E-state index in [1.807, 2.05) is 42.3 Å². The number of anilines is 1. The zero-order valence-corrected chi connectivity index (χ0v) is 22.3. The van der Waals surface area contributed by atoms with Crippen LogP contribution in [0.15, 0.2) is 73.1 Å². The molecule has 2 atom stereocenters. The van der Waals surface area contributed by atoms with Gasteiger partial charge in [-0.15, -0.1) is 0 Å². The van der Waals surface area contributed by atoms with Gasteiger partial charge in [0.2, 0.25) is 5.91 Å². The van der Waals surface area contributed by atoms with Crippen LogP contribution in [0, 0.1) is 26.6 Å². The van der Waals surface area contributed by atoms with Crippen LogP contribution < -0.4 is 10.6 Å². The van der Waals surface area contributed by atoms with Crippen LogP contribution in [-0.4, -0.2) is 37.0 Å². The number of halogens is 1. The van der Waals surface area contributed by atoms with Crippen molar-refractivity contribution in [2.24, 2.45) is 0 Å². The average molecular weight is 529 g/mol. The number of nitrogens with one attached hydrogen (secondary N) is 2. The van der Waals surface area contributed by atoms with Gasteiger partial charge in [0.1, 0.15) is 11.6 Å². The van der Waals surface area contributed by atoms with Crippen molar-refractivity contribution in [3.63, 3.8) is 0 Å².